The molecule has 4 aromatic rings. The van der Waals surface area contributed by atoms with Gasteiger partial charge in [-0.05, 0) is 61.4 Å². The molecular weight excluding hydrogens is 450 g/mol. The van der Waals surface area contributed by atoms with Crippen LogP contribution in [0.1, 0.15) is 38.9 Å². The highest BCUT2D eigenvalue weighted by molar-refractivity contribution is 6.31. The van der Waals surface area contributed by atoms with Gasteiger partial charge >= 0.3 is 0 Å². The lowest BCUT2D eigenvalue weighted by molar-refractivity contribution is 0.0971. The summed E-state index contributed by atoms with van der Waals surface area (Å²) in [6.45, 7) is 7.85. The number of amides is 1. The number of ether oxygens (including phenoxy) is 1. The maximum atomic E-state index is 13.7. The molecule has 1 aromatic heterocycles. The zero-order chi connectivity index (χ0) is 24.0. The van der Waals surface area contributed by atoms with Gasteiger partial charge < -0.3 is 9.15 Å². The summed E-state index contributed by atoms with van der Waals surface area (Å²) in [7, 11) is 0. The van der Waals surface area contributed by atoms with E-state index in [1.54, 1.807) is 29.2 Å². The van der Waals surface area contributed by atoms with Gasteiger partial charge in [-0.1, -0.05) is 54.1 Å². The molecule has 1 aliphatic rings. The molecule has 0 bridgehead atoms. The molecule has 170 valence electrons. The predicted octanol–water partition coefficient (Wildman–Crippen LogP) is 6.38. The fourth-order valence-electron chi connectivity index (χ4n) is 4.30. The van der Waals surface area contributed by atoms with E-state index in [0.29, 0.717) is 39.6 Å². The van der Waals surface area contributed by atoms with E-state index in [0.717, 1.165) is 16.7 Å². The number of carbonyl (C=O) groups excluding carboxylic acids is 1. The van der Waals surface area contributed by atoms with E-state index in [1.165, 1.54) is 0 Å². The van der Waals surface area contributed by atoms with E-state index in [9.17, 15) is 9.59 Å². The monoisotopic (exact) mass is 471 g/mol. The molecule has 1 unspecified atom stereocenters. The Balaban J connectivity index is 1.74. The summed E-state index contributed by atoms with van der Waals surface area (Å²) in [5.74, 6) is 0.334. The molecule has 34 heavy (non-hydrogen) atoms. The molecular formula is C28H22ClNO4. The van der Waals surface area contributed by atoms with Crippen LogP contribution in [0.15, 0.2) is 82.5 Å². The Labute approximate surface area is 201 Å². The predicted molar refractivity (Wildman–Crippen MR) is 134 cm³/mol. The van der Waals surface area contributed by atoms with Crippen LogP contribution in [0.3, 0.4) is 0 Å². The van der Waals surface area contributed by atoms with Crippen LogP contribution in [0.2, 0.25) is 5.02 Å². The summed E-state index contributed by atoms with van der Waals surface area (Å²) in [4.78, 5) is 28.9. The fourth-order valence-corrected chi connectivity index (χ4v) is 4.48. The van der Waals surface area contributed by atoms with Gasteiger partial charge in [0.05, 0.1) is 17.0 Å². The number of carbonyl (C=O) groups is 1. The number of hydrogen-bond acceptors (Lipinski definition) is 4. The van der Waals surface area contributed by atoms with Crippen LogP contribution in [0.25, 0.3) is 11.0 Å². The number of aryl methyl sites for hydroxylation is 2. The van der Waals surface area contributed by atoms with Crippen molar-refractivity contribution in [2.75, 3.05) is 11.5 Å². The molecule has 0 fully saturated rings. The Kier molecular flexibility index (Phi) is 5.50. The Morgan fingerprint density at radius 3 is 2.53 bits per heavy atom. The minimum Gasteiger partial charge on any atom is -0.490 e. The molecule has 1 atom stereocenters. The molecule has 6 heteroatoms. The van der Waals surface area contributed by atoms with Gasteiger partial charge in [-0.2, -0.15) is 0 Å². The quantitative estimate of drug-likeness (QED) is 0.317. The molecule has 2 heterocycles. The van der Waals surface area contributed by atoms with Crippen molar-refractivity contribution in [2.24, 2.45) is 0 Å². The smallest absolute Gasteiger partial charge is 0.295 e. The van der Waals surface area contributed by atoms with Crippen LogP contribution in [0, 0.1) is 13.8 Å². The molecule has 0 saturated carbocycles. The van der Waals surface area contributed by atoms with E-state index in [2.05, 4.69) is 6.58 Å². The minimum absolute atomic E-state index is 0.0510. The lowest BCUT2D eigenvalue weighted by Crippen LogP contribution is -2.29. The summed E-state index contributed by atoms with van der Waals surface area (Å²) >= 11 is 6.40. The molecule has 5 nitrogen and oxygen atoms in total. The Morgan fingerprint density at radius 2 is 1.82 bits per heavy atom. The molecule has 0 radical (unpaired) electrons. The number of benzene rings is 3. The maximum absolute atomic E-state index is 13.7. The highest BCUT2D eigenvalue weighted by Crippen LogP contribution is 2.42. The molecule has 3 aromatic carbocycles. The lowest BCUT2D eigenvalue weighted by atomic mass is 9.97. The van der Waals surface area contributed by atoms with Crippen molar-refractivity contribution in [1.82, 2.24) is 0 Å². The second-order valence-corrected chi connectivity index (χ2v) is 8.76. The first-order valence-corrected chi connectivity index (χ1v) is 11.3. The Bertz CT molecular complexity index is 1500. The number of rotatable bonds is 5. The SMILES string of the molecule is C=CCOc1ccc(C2c3c(oc4ccc(C)cc4c3=O)C(=O)N2c2ccc(C)c(Cl)c2)cc1. The van der Waals surface area contributed by atoms with E-state index < -0.39 is 6.04 Å². The zero-order valence-electron chi connectivity index (χ0n) is 18.8. The number of hydrogen-bond donors (Lipinski definition) is 0. The number of nitrogens with zero attached hydrogens (tertiary/aromatic N) is 1. The fraction of sp³-hybridized carbons (Fsp3) is 0.143. The van der Waals surface area contributed by atoms with Crippen molar-refractivity contribution in [3.05, 3.63) is 117 Å². The number of halogens is 1. The third-order valence-corrected chi connectivity index (χ3v) is 6.43. The van der Waals surface area contributed by atoms with E-state index in [-0.39, 0.29) is 17.1 Å². The largest absolute Gasteiger partial charge is 0.490 e. The van der Waals surface area contributed by atoms with Crippen molar-refractivity contribution in [1.29, 1.82) is 0 Å². The first-order chi connectivity index (χ1) is 16.4. The third-order valence-electron chi connectivity index (χ3n) is 6.02. The van der Waals surface area contributed by atoms with Gasteiger partial charge in [-0.3, -0.25) is 14.5 Å². The van der Waals surface area contributed by atoms with Crippen molar-refractivity contribution in [3.8, 4) is 5.75 Å². The second-order valence-electron chi connectivity index (χ2n) is 8.35. The molecule has 0 aliphatic carbocycles. The molecule has 0 saturated heterocycles. The van der Waals surface area contributed by atoms with Crippen LogP contribution >= 0.6 is 11.6 Å². The van der Waals surface area contributed by atoms with Gasteiger partial charge in [-0.25, -0.2) is 0 Å². The molecule has 0 N–H and O–H groups in total. The van der Waals surface area contributed by atoms with Gasteiger partial charge in [0.25, 0.3) is 5.91 Å². The van der Waals surface area contributed by atoms with Crippen LogP contribution in [0.5, 0.6) is 5.75 Å². The summed E-state index contributed by atoms with van der Waals surface area (Å²) in [6, 6.07) is 17.5. The van der Waals surface area contributed by atoms with Gasteiger partial charge in [0.15, 0.2) is 5.43 Å². The number of anilines is 1. The topological polar surface area (TPSA) is 59.8 Å². The van der Waals surface area contributed by atoms with Crippen LogP contribution < -0.4 is 15.1 Å². The van der Waals surface area contributed by atoms with Crippen LogP contribution in [0.4, 0.5) is 5.69 Å². The first-order valence-electron chi connectivity index (χ1n) is 10.9. The third kappa shape index (κ3) is 3.58. The Morgan fingerprint density at radius 1 is 1.06 bits per heavy atom. The van der Waals surface area contributed by atoms with Gasteiger partial charge in [-0.15, -0.1) is 0 Å². The maximum Gasteiger partial charge on any atom is 0.295 e. The lowest BCUT2D eigenvalue weighted by Gasteiger charge is -2.25. The van der Waals surface area contributed by atoms with Crippen LogP contribution in [-0.2, 0) is 0 Å². The van der Waals surface area contributed by atoms with E-state index >= 15 is 0 Å². The van der Waals surface area contributed by atoms with Crippen molar-refractivity contribution in [2.45, 2.75) is 19.9 Å². The van der Waals surface area contributed by atoms with Crippen molar-refractivity contribution < 1.29 is 13.9 Å². The standard InChI is InChI=1S/C28H22ClNO4/c1-4-13-33-20-10-7-18(8-11-20)25-24-26(31)21-14-16(2)5-12-23(21)34-27(24)28(32)30(25)19-9-6-17(3)22(29)15-19/h4-12,14-15,25H,1,13H2,2-3H3. The van der Waals surface area contributed by atoms with Crippen LogP contribution in [-0.4, -0.2) is 12.5 Å². The normalized spacial score (nSPS) is 15.0. The molecule has 1 amide bonds. The van der Waals surface area contributed by atoms with Crippen molar-refractivity contribution >= 4 is 34.2 Å². The molecule has 0 spiro atoms. The second kappa shape index (κ2) is 8.50. The van der Waals surface area contributed by atoms with E-state index in [4.69, 9.17) is 20.8 Å². The number of fused-ring (bicyclic) bond motifs is 2. The van der Waals surface area contributed by atoms with E-state index in [1.807, 2.05) is 56.3 Å². The van der Waals surface area contributed by atoms with Gasteiger partial charge in [0.2, 0.25) is 5.76 Å². The van der Waals surface area contributed by atoms with Gasteiger partial charge in [0.1, 0.15) is 17.9 Å². The molecule has 1 aliphatic heterocycles. The zero-order valence-corrected chi connectivity index (χ0v) is 19.6. The average molecular weight is 472 g/mol. The van der Waals surface area contributed by atoms with Gasteiger partial charge in [0, 0.05) is 10.7 Å². The average Bonchev–Trinajstić information content (AvgIpc) is 3.13. The van der Waals surface area contributed by atoms with Crippen molar-refractivity contribution in [3.63, 3.8) is 0 Å². The minimum atomic E-state index is -0.670. The highest BCUT2D eigenvalue weighted by Gasteiger charge is 2.43. The molecule has 5 rings (SSSR count). The Hall–Kier alpha value is -3.83. The first kappa shape index (κ1) is 22.0. The summed E-state index contributed by atoms with van der Waals surface area (Å²) < 4.78 is 11.6. The highest BCUT2D eigenvalue weighted by atomic mass is 35.5. The summed E-state index contributed by atoms with van der Waals surface area (Å²) in [5.41, 5.74) is 3.67. The summed E-state index contributed by atoms with van der Waals surface area (Å²) in [5, 5.41) is 0.986. The summed E-state index contributed by atoms with van der Waals surface area (Å²) in [6.07, 6.45) is 1.67.